The Kier molecular flexibility index (Phi) is 7.75. The summed E-state index contributed by atoms with van der Waals surface area (Å²) in [6.07, 6.45) is 5.97. The second-order valence-electron chi connectivity index (χ2n) is 8.72. The van der Waals surface area contributed by atoms with E-state index in [1.54, 1.807) is 48.6 Å². The number of hydrogen-bond acceptors (Lipinski definition) is 10. The van der Waals surface area contributed by atoms with Crippen LogP contribution in [0.2, 0.25) is 5.02 Å². The van der Waals surface area contributed by atoms with Crippen LogP contribution < -0.4 is 20.7 Å². The summed E-state index contributed by atoms with van der Waals surface area (Å²) in [5, 5.41) is 5.07. The van der Waals surface area contributed by atoms with Crippen LogP contribution >= 0.6 is 11.6 Å². The maximum atomic E-state index is 14.3. The topological polar surface area (TPSA) is 121 Å². The molecular weight excluding hydrogens is 525 g/mol. The molecule has 11 nitrogen and oxygen atoms in total. The van der Waals surface area contributed by atoms with Gasteiger partial charge in [-0.05, 0) is 42.8 Å². The number of rotatable bonds is 7. The zero-order valence-electron chi connectivity index (χ0n) is 21.2. The van der Waals surface area contributed by atoms with E-state index in [0.717, 1.165) is 17.3 Å². The summed E-state index contributed by atoms with van der Waals surface area (Å²) in [5.41, 5.74) is 5.88. The summed E-state index contributed by atoms with van der Waals surface area (Å²) in [5.74, 6) is -0.135. The molecule has 2 N–H and O–H groups in total. The van der Waals surface area contributed by atoms with Crippen molar-refractivity contribution < 1.29 is 13.9 Å². The molecule has 1 aromatic carbocycles. The monoisotopic (exact) mass is 549 g/mol. The van der Waals surface area contributed by atoms with Crippen LogP contribution in [-0.2, 0) is 4.74 Å². The Bertz CT molecular complexity index is 1450. The minimum absolute atomic E-state index is 0.138. The molecule has 0 unspecified atom stereocenters. The fourth-order valence-corrected chi connectivity index (χ4v) is 4.31. The average molecular weight is 550 g/mol. The highest BCUT2D eigenvalue weighted by Gasteiger charge is 2.20. The van der Waals surface area contributed by atoms with Crippen molar-refractivity contribution in [3.8, 4) is 11.4 Å². The van der Waals surface area contributed by atoms with Crippen LogP contribution in [0.3, 0.4) is 0 Å². The minimum Gasteiger partial charge on any atom is -0.378 e. The van der Waals surface area contributed by atoms with Crippen LogP contribution in [0.25, 0.3) is 11.4 Å². The zero-order chi connectivity index (χ0) is 27.4. The number of hydrazine groups is 1. The molecule has 0 atom stereocenters. The molecule has 13 heteroatoms. The summed E-state index contributed by atoms with van der Waals surface area (Å²) < 4.78 is 19.7. The molecule has 3 aromatic heterocycles. The van der Waals surface area contributed by atoms with Crippen LogP contribution in [0.1, 0.15) is 16.1 Å². The van der Waals surface area contributed by atoms with Gasteiger partial charge in [-0.25, -0.2) is 24.3 Å². The van der Waals surface area contributed by atoms with Gasteiger partial charge in [-0.2, -0.15) is 4.98 Å². The summed E-state index contributed by atoms with van der Waals surface area (Å²) in [6.45, 7) is 3.94. The summed E-state index contributed by atoms with van der Waals surface area (Å²) in [7, 11) is 1.57. The van der Waals surface area contributed by atoms with Gasteiger partial charge < -0.3 is 15.0 Å². The molecule has 1 aliphatic rings. The number of nitrogens with zero attached hydrogens (tertiary/aromatic N) is 7. The molecule has 4 heterocycles. The molecule has 4 aromatic rings. The average Bonchev–Trinajstić information content (AvgIpc) is 2.96. The van der Waals surface area contributed by atoms with E-state index < -0.39 is 11.7 Å². The van der Waals surface area contributed by atoms with Gasteiger partial charge in [0.25, 0.3) is 5.91 Å². The highest BCUT2D eigenvalue weighted by molar-refractivity contribution is 6.33. The lowest BCUT2D eigenvalue weighted by molar-refractivity contribution is 0.0946. The van der Waals surface area contributed by atoms with Crippen LogP contribution in [0.4, 0.5) is 27.5 Å². The van der Waals surface area contributed by atoms with Crippen molar-refractivity contribution in [3.63, 3.8) is 0 Å². The number of halogens is 2. The van der Waals surface area contributed by atoms with E-state index in [4.69, 9.17) is 16.3 Å². The molecule has 1 aliphatic heterocycles. The first-order valence-electron chi connectivity index (χ1n) is 12.1. The third kappa shape index (κ3) is 6.02. The maximum absolute atomic E-state index is 14.3. The van der Waals surface area contributed by atoms with E-state index >= 15 is 0 Å². The minimum atomic E-state index is -0.538. The predicted molar refractivity (Wildman–Crippen MR) is 146 cm³/mol. The number of nitrogens with one attached hydrogen (secondary N) is 2. The van der Waals surface area contributed by atoms with E-state index in [9.17, 15) is 9.18 Å². The number of carbonyl (C=O) groups is 1. The molecule has 5 rings (SSSR count). The van der Waals surface area contributed by atoms with Gasteiger partial charge in [0, 0.05) is 38.1 Å². The number of anilines is 4. The van der Waals surface area contributed by atoms with Gasteiger partial charge >= 0.3 is 0 Å². The first-order chi connectivity index (χ1) is 18.9. The Balaban J connectivity index is 1.25. The first-order valence-corrected chi connectivity index (χ1v) is 12.5. The maximum Gasteiger partial charge on any atom is 0.288 e. The number of amides is 1. The quantitative estimate of drug-likeness (QED) is 0.329. The van der Waals surface area contributed by atoms with Gasteiger partial charge in [-0.15, -0.1) is 0 Å². The van der Waals surface area contributed by atoms with Crippen molar-refractivity contribution in [2.45, 2.75) is 6.92 Å². The van der Waals surface area contributed by atoms with Gasteiger partial charge in [0.15, 0.2) is 17.5 Å². The molecule has 1 amide bonds. The highest BCUT2D eigenvalue weighted by atomic mass is 35.5. The van der Waals surface area contributed by atoms with E-state index in [2.05, 4.69) is 35.7 Å². The van der Waals surface area contributed by atoms with E-state index in [0.29, 0.717) is 48.5 Å². The van der Waals surface area contributed by atoms with Crippen molar-refractivity contribution >= 4 is 40.6 Å². The largest absolute Gasteiger partial charge is 0.378 e. The highest BCUT2D eigenvalue weighted by Crippen LogP contribution is 2.33. The Morgan fingerprint density at radius 1 is 1.10 bits per heavy atom. The van der Waals surface area contributed by atoms with Crippen LogP contribution in [-0.4, -0.2) is 64.2 Å². The Hall–Kier alpha value is -4.42. The van der Waals surface area contributed by atoms with Crippen LogP contribution in [0, 0.1) is 12.7 Å². The molecule has 1 fully saturated rings. The molecule has 1 saturated heterocycles. The lowest BCUT2D eigenvalue weighted by Gasteiger charge is -2.28. The Labute approximate surface area is 229 Å². The van der Waals surface area contributed by atoms with Crippen LogP contribution in [0.5, 0.6) is 0 Å². The Morgan fingerprint density at radius 3 is 2.56 bits per heavy atom. The zero-order valence-corrected chi connectivity index (χ0v) is 22.0. The second kappa shape index (κ2) is 11.5. The predicted octanol–water partition coefficient (Wildman–Crippen LogP) is 3.79. The molecule has 0 spiro atoms. The number of morpholine rings is 1. The third-order valence-electron chi connectivity index (χ3n) is 5.97. The summed E-state index contributed by atoms with van der Waals surface area (Å²) >= 11 is 6.55. The molecule has 0 saturated carbocycles. The van der Waals surface area contributed by atoms with Gasteiger partial charge in [0.1, 0.15) is 5.69 Å². The van der Waals surface area contributed by atoms with Gasteiger partial charge in [-0.3, -0.25) is 15.2 Å². The van der Waals surface area contributed by atoms with E-state index in [-0.39, 0.29) is 17.5 Å². The molecular formula is C26H25ClFN9O2. The lowest BCUT2D eigenvalue weighted by atomic mass is 10.1. The van der Waals surface area contributed by atoms with E-state index in [1.165, 1.54) is 11.2 Å². The second-order valence-corrected chi connectivity index (χ2v) is 9.13. The molecule has 200 valence electrons. The SMILES string of the molecule is Cc1cc(-c2ncccn2)cc(Cl)c1Nc1ccc(C(=O)NN(C)c2ncc(F)c(N3CCOCC3)n2)nc1. The first kappa shape index (κ1) is 26.2. The third-order valence-corrected chi connectivity index (χ3v) is 6.27. The van der Waals surface area contributed by atoms with Crippen molar-refractivity contribution in [2.75, 3.05) is 48.6 Å². The fraction of sp³-hybridized carbons (Fsp3) is 0.231. The van der Waals surface area contributed by atoms with Crippen molar-refractivity contribution in [1.29, 1.82) is 0 Å². The smallest absolute Gasteiger partial charge is 0.288 e. The normalized spacial score (nSPS) is 13.2. The van der Waals surface area contributed by atoms with Gasteiger partial charge in [0.2, 0.25) is 5.95 Å². The molecule has 39 heavy (non-hydrogen) atoms. The number of benzene rings is 1. The van der Waals surface area contributed by atoms with Crippen molar-refractivity contribution in [3.05, 3.63) is 77.2 Å². The standard InChI is InChI=1S/C26H25ClFN9O2/c1-16-12-17(23-29-6-3-7-30-23)13-19(27)22(16)33-18-4-5-21(31-14-18)25(38)35-36(2)26-32-15-20(28)24(34-26)37-8-10-39-11-9-37/h3-7,12-15,33H,8-11H2,1-2H3,(H,35,38). The molecule has 0 radical (unpaired) electrons. The van der Waals surface area contributed by atoms with E-state index in [1.807, 2.05) is 13.0 Å². The van der Waals surface area contributed by atoms with Gasteiger partial charge in [-0.1, -0.05) is 11.6 Å². The molecule has 0 aliphatic carbocycles. The number of hydrogen-bond donors (Lipinski definition) is 2. The van der Waals surface area contributed by atoms with Crippen molar-refractivity contribution in [1.82, 2.24) is 30.3 Å². The number of aromatic nitrogens is 5. The summed E-state index contributed by atoms with van der Waals surface area (Å²) in [4.78, 5) is 35.7. The number of pyridine rings is 1. The summed E-state index contributed by atoms with van der Waals surface area (Å²) in [6, 6.07) is 8.78. The molecule has 0 bridgehead atoms. The number of ether oxygens (including phenoxy) is 1. The van der Waals surface area contributed by atoms with Crippen LogP contribution in [0.15, 0.2) is 55.1 Å². The number of carbonyl (C=O) groups excluding carboxylic acids is 1. The lowest BCUT2D eigenvalue weighted by Crippen LogP contribution is -2.42. The fourth-order valence-electron chi connectivity index (χ4n) is 3.99. The van der Waals surface area contributed by atoms with Crippen molar-refractivity contribution in [2.24, 2.45) is 0 Å². The van der Waals surface area contributed by atoms with Gasteiger partial charge in [0.05, 0.1) is 42.0 Å². The Morgan fingerprint density at radius 2 is 1.87 bits per heavy atom. The number of aryl methyl sites for hydroxylation is 1.